The smallest absolute Gasteiger partial charge is 0.214 e. The van der Waals surface area contributed by atoms with Crippen molar-refractivity contribution in [2.75, 3.05) is 0 Å². The summed E-state index contributed by atoms with van der Waals surface area (Å²) in [5.74, 6) is -4.65. The van der Waals surface area contributed by atoms with E-state index < -0.39 is 35.5 Å². The summed E-state index contributed by atoms with van der Waals surface area (Å²) in [6, 6.07) is 3.39. The summed E-state index contributed by atoms with van der Waals surface area (Å²) in [6.45, 7) is 3.95. The van der Waals surface area contributed by atoms with Gasteiger partial charge in [0.05, 0.1) is 11.9 Å². The third-order valence-corrected chi connectivity index (χ3v) is 4.71. The number of H-pyrrole nitrogens is 1. The van der Waals surface area contributed by atoms with Crippen molar-refractivity contribution in [3.63, 3.8) is 0 Å². The van der Waals surface area contributed by atoms with Crippen molar-refractivity contribution in [1.82, 2.24) is 4.98 Å². The minimum Gasteiger partial charge on any atom is -0.361 e. The fourth-order valence-electron chi connectivity index (χ4n) is 3.04. The first-order valence-electron chi connectivity index (χ1n) is 7.87. The molecule has 0 bridgehead atoms. The van der Waals surface area contributed by atoms with Crippen LogP contribution in [0.1, 0.15) is 37.3 Å². The Morgan fingerprint density at radius 2 is 1.80 bits per heavy atom. The Labute approximate surface area is 149 Å². The number of fused-ring (bicyclic) bond motifs is 1. The van der Waals surface area contributed by atoms with Crippen molar-refractivity contribution in [2.24, 2.45) is 0 Å². The Kier molecular flexibility index (Phi) is 4.43. The summed E-state index contributed by atoms with van der Waals surface area (Å²) in [5, 5.41) is 1.18. The highest BCUT2D eigenvalue weighted by atomic mass is 35.5. The molecule has 1 fully saturated rings. The molecular formula is C19H16ClNO4. The number of carbonyl (C=O) groups excluding carboxylic acids is 4. The molecule has 5 nitrogen and oxygen atoms in total. The van der Waals surface area contributed by atoms with Crippen LogP contribution in [0.3, 0.4) is 0 Å². The average Bonchev–Trinajstić information content (AvgIpc) is 2.96. The van der Waals surface area contributed by atoms with Crippen molar-refractivity contribution in [3.8, 4) is 0 Å². The maximum absolute atomic E-state index is 12.2. The van der Waals surface area contributed by atoms with E-state index >= 15 is 0 Å². The van der Waals surface area contributed by atoms with E-state index in [2.05, 4.69) is 4.98 Å². The number of aromatic amines is 1. The Morgan fingerprint density at radius 1 is 1.16 bits per heavy atom. The molecule has 25 heavy (non-hydrogen) atoms. The second-order valence-corrected chi connectivity index (χ2v) is 6.77. The maximum Gasteiger partial charge on any atom is 0.214 e. The van der Waals surface area contributed by atoms with Gasteiger partial charge in [-0.25, -0.2) is 0 Å². The lowest BCUT2D eigenvalue weighted by Crippen LogP contribution is -2.40. The van der Waals surface area contributed by atoms with E-state index in [4.69, 9.17) is 11.6 Å². The van der Waals surface area contributed by atoms with Gasteiger partial charge in [0.1, 0.15) is 5.92 Å². The molecule has 1 aliphatic rings. The van der Waals surface area contributed by atoms with Crippen molar-refractivity contribution >= 4 is 45.6 Å². The monoisotopic (exact) mass is 357 g/mol. The number of aromatic nitrogens is 1. The fourth-order valence-corrected chi connectivity index (χ4v) is 3.28. The molecule has 1 aromatic heterocycles. The summed E-state index contributed by atoms with van der Waals surface area (Å²) in [4.78, 5) is 50.9. The molecule has 6 heteroatoms. The van der Waals surface area contributed by atoms with E-state index in [1.54, 1.807) is 12.1 Å². The lowest BCUT2D eigenvalue weighted by atomic mass is 9.80. The fraction of sp³-hybridized carbons (Fsp3) is 0.263. The molecule has 0 saturated heterocycles. The van der Waals surface area contributed by atoms with Crippen LogP contribution < -0.4 is 0 Å². The van der Waals surface area contributed by atoms with Gasteiger partial charge in [-0.3, -0.25) is 19.2 Å². The van der Waals surface area contributed by atoms with Crippen LogP contribution in [0, 0.1) is 0 Å². The molecule has 0 aliphatic heterocycles. The number of hydrogen-bond donors (Lipinski definition) is 1. The number of allylic oxidation sites excluding steroid dienone is 2. The van der Waals surface area contributed by atoms with E-state index in [9.17, 15) is 19.2 Å². The SMILES string of the molecule is CC(C)=CCc1c(Cl)ccc2c(C3C(=O)C(=O)CC(=O)C3=O)c[nH]c12. The van der Waals surface area contributed by atoms with Crippen LogP contribution in [0.5, 0.6) is 0 Å². The van der Waals surface area contributed by atoms with Crippen molar-refractivity contribution in [1.29, 1.82) is 0 Å². The van der Waals surface area contributed by atoms with Crippen LogP contribution in [-0.4, -0.2) is 28.1 Å². The third kappa shape index (κ3) is 2.96. The lowest BCUT2D eigenvalue weighted by Gasteiger charge is -2.17. The van der Waals surface area contributed by atoms with Crippen LogP contribution in [-0.2, 0) is 25.6 Å². The first-order chi connectivity index (χ1) is 11.8. The van der Waals surface area contributed by atoms with Gasteiger partial charge in [-0.1, -0.05) is 29.3 Å². The molecule has 128 valence electrons. The largest absolute Gasteiger partial charge is 0.361 e. The van der Waals surface area contributed by atoms with Gasteiger partial charge in [0, 0.05) is 16.6 Å². The second-order valence-electron chi connectivity index (χ2n) is 6.36. The van der Waals surface area contributed by atoms with Gasteiger partial charge in [-0.05, 0) is 37.5 Å². The van der Waals surface area contributed by atoms with E-state index in [1.807, 2.05) is 19.9 Å². The number of hydrogen-bond acceptors (Lipinski definition) is 4. The average molecular weight is 358 g/mol. The lowest BCUT2D eigenvalue weighted by molar-refractivity contribution is -0.149. The zero-order valence-corrected chi connectivity index (χ0v) is 14.6. The Bertz CT molecular complexity index is 937. The Balaban J connectivity index is 2.15. The van der Waals surface area contributed by atoms with Crippen molar-refractivity contribution in [2.45, 2.75) is 32.6 Å². The minimum atomic E-state index is -1.36. The van der Waals surface area contributed by atoms with Gasteiger partial charge in [-0.15, -0.1) is 0 Å². The van der Waals surface area contributed by atoms with Gasteiger partial charge < -0.3 is 4.98 Å². The Hall–Kier alpha value is -2.53. The standard InChI is InChI=1S/C19H16ClNO4/c1-9(2)3-4-11-13(20)6-5-10-12(8-21-17(10)11)16-18(24)14(22)7-15(23)19(16)25/h3,5-6,8,16,21H,4,7H2,1-2H3. The van der Waals surface area contributed by atoms with Crippen LogP contribution in [0.2, 0.25) is 5.02 Å². The molecule has 0 atom stereocenters. The quantitative estimate of drug-likeness (QED) is 0.519. The maximum atomic E-state index is 12.2. The number of ketones is 4. The molecule has 2 aromatic rings. The molecule has 1 N–H and O–H groups in total. The highest BCUT2D eigenvalue weighted by Crippen LogP contribution is 2.34. The number of benzene rings is 1. The molecule has 0 spiro atoms. The number of rotatable bonds is 3. The van der Waals surface area contributed by atoms with E-state index in [0.29, 0.717) is 27.9 Å². The number of nitrogens with one attached hydrogen (secondary N) is 1. The summed E-state index contributed by atoms with van der Waals surface area (Å²) < 4.78 is 0. The number of carbonyl (C=O) groups is 4. The highest BCUT2D eigenvalue weighted by Gasteiger charge is 2.43. The first kappa shape index (κ1) is 17.3. The predicted molar refractivity (Wildman–Crippen MR) is 93.8 cm³/mol. The van der Waals surface area contributed by atoms with Crippen LogP contribution in [0.4, 0.5) is 0 Å². The zero-order valence-electron chi connectivity index (χ0n) is 13.8. The third-order valence-electron chi connectivity index (χ3n) is 4.36. The second kappa shape index (κ2) is 6.41. The summed E-state index contributed by atoms with van der Waals surface area (Å²) in [5.41, 5.74) is 3.02. The summed E-state index contributed by atoms with van der Waals surface area (Å²) in [7, 11) is 0. The van der Waals surface area contributed by atoms with Crippen LogP contribution in [0.25, 0.3) is 10.9 Å². The molecule has 1 heterocycles. The normalized spacial score (nSPS) is 16.0. The van der Waals surface area contributed by atoms with E-state index in [1.165, 1.54) is 6.20 Å². The first-order valence-corrected chi connectivity index (χ1v) is 8.25. The molecule has 0 unspecified atom stereocenters. The Morgan fingerprint density at radius 3 is 2.40 bits per heavy atom. The predicted octanol–water partition coefficient (Wildman–Crippen LogP) is 3.09. The minimum absolute atomic E-state index is 0.349. The molecule has 0 amide bonds. The molecule has 1 aliphatic carbocycles. The molecule has 1 aromatic carbocycles. The van der Waals surface area contributed by atoms with E-state index in [-0.39, 0.29) is 0 Å². The van der Waals surface area contributed by atoms with Gasteiger partial charge in [0.25, 0.3) is 0 Å². The van der Waals surface area contributed by atoms with Crippen molar-refractivity contribution < 1.29 is 19.2 Å². The molecule has 1 saturated carbocycles. The summed E-state index contributed by atoms with van der Waals surface area (Å²) >= 11 is 6.29. The van der Waals surface area contributed by atoms with Gasteiger partial charge in [0.15, 0.2) is 0 Å². The van der Waals surface area contributed by atoms with Gasteiger partial charge >= 0.3 is 0 Å². The van der Waals surface area contributed by atoms with Crippen LogP contribution >= 0.6 is 11.6 Å². The summed E-state index contributed by atoms with van der Waals surface area (Å²) in [6.07, 6.45) is 3.49. The van der Waals surface area contributed by atoms with Crippen molar-refractivity contribution in [3.05, 3.63) is 46.1 Å². The number of Topliss-reactive ketones (excluding diaryl/α,β-unsaturated/α-hetero) is 4. The molecule has 0 radical (unpaired) electrons. The molecule has 3 rings (SSSR count). The van der Waals surface area contributed by atoms with Gasteiger partial charge in [0.2, 0.25) is 23.1 Å². The van der Waals surface area contributed by atoms with Crippen LogP contribution in [0.15, 0.2) is 30.0 Å². The topological polar surface area (TPSA) is 84.1 Å². The highest BCUT2D eigenvalue weighted by molar-refractivity contribution is 6.61. The van der Waals surface area contributed by atoms with Gasteiger partial charge in [-0.2, -0.15) is 0 Å². The van der Waals surface area contributed by atoms with E-state index in [0.717, 1.165) is 11.1 Å². The molecular weight excluding hydrogens is 342 g/mol. The number of halogens is 1. The zero-order chi connectivity index (χ0) is 18.3.